The van der Waals surface area contributed by atoms with Crippen LogP contribution in [0.1, 0.15) is 64.7 Å². The number of ether oxygens (including phenoxy) is 1. The molecule has 2 bridgehead atoms. The van der Waals surface area contributed by atoms with Crippen molar-refractivity contribution in [2.45, 2.75) is 46.9 Å². The van der Waals surface area contributed by atoms with E-state index in [1.54, 1.807) is 24.3 Å². The van der Waals surface area contributed by atoms with E-state index in [-0.39, 0.29) is 23.9 Å². The molecule has 5 aliphatic rings. The Balaban J connectivity index is 1.27. The molecule has 7 heteroatoms. The van der Waals surface area contributed by atoms with E-state index in [2.05, 4.69) is 31.9 Å². The molecule has 3 aromatic carbocycles. The largest absolute Gasteiger partial charge is 0.459 e. The molecule has 1 saturated carbocycles. The Hall–Kier alpha value is -2.77. The second kappa shape index (κ2) is 8.62. The highest BCUT2D eigenvalue weighted by Gasteiger charge is 2.72. The van der Waals surface area contributed by atoms with E-state index < -0.39 is 20.5 Å². The lowest BCUT2D eigenvalue weighted by molar-refractivity contribution is -0.122. The van der Waals surface area contributed by atoms with Crippen molar-refractivity contribution in [2.24, 2.45) is 11.8 Å². The predicted molar refractivity (Wildman–Crippen MR) is 151 cm³/mol. The van der Waals surface area contributed by atoms with Crippen molar-refractivity contribution < 1.29 is 19.1 Å². The Kier molecular flexibility index (Phi) is 5.51. The Labute approximate surface area is 237 Å². The van der Waals surface area contributed by atoms with Gasteiger partial charge in [-0.2, -0.15) is 0 Å². The van der Waals surface area contributed by atoms with Gasteiger partial charge in [0.05, 0.1) is 31.7 Å². The number of halogens is 2. The van der Waals surface area contributed by atoms with Crippen LogP contribution >= 0.6 is 31.9 Å². The highest BCUT2D eigenvalue weighted by Crippen LogP contribution is 2.70. The highest BCUT2D eigenvalue weighted by molar-refractivity contribution is 9.10. The quantitative estimate of drug-likeness (QED) is 0.185. The van der Waals surface area contributed by atoms with Crippen molar-refractivity contribution >= 4 is 55.3 Å². The summed E-state index contributed by atoms with van der Waals surface area (Å²) in [5.74, 6) is -2.12. The molecule has 5 nitrogen and oxygen atoms in total. The molecular formula is C31H25Br2NO4. The number of carbonyl (C=O) groups excluding carboxylic acids is 3. The van der Waals surface area contributed by atoms with Gasteiger partial charge in [-0.25, -0.2) is 9.69 Å². The van der Waals surface area contributed by atoms with E-state index in [4.69, 9.17) is 4.74 Å². The summed E-state index contributed by atoms with van der Waals surface area (Å²) >= 11 is 8.05. The zero-order valence-electron chi connectivity index (χ0n) is 20.5. The van der Waals surface area contributed by atoms with Crippen LogP contribution in [0.3, 0.4) is 0 Å². The van der Waals surface area contributed by atoms with Crippen LogP contribution in [-0.4, -0.2) is 23.9 Å². The van der Waals surface area contributed by atoms with Crippen LogP contribution in [0, 0.1) is 11.8 Å². The number of alkyl halides is 2. The summed E-state index contributed by atoms with van der Waals surface area (Å²) in [6.45, 7) is 0. The molecular weight excluding hydrogens is 610 g/mol. The van der Waals surface area contributed by atoms with Gasteiger partial charge in [0.1, 0.15) is 6.10 Å². The molecule has 2 fully saturated rings. The standard InChI is InChI=1S/C31H25Br2NO4/c32-30-21-10-4-5-11-22(21)31(33,24-13-7-6-12-23(24)30)26-25(30)27(35)34(28(26)36)19-16-14-18(15-17-19)29(37)38-20-8-2-1-3-9-20/h4-7,10-17,20,25-26H,1-3,8-9H2/t25-,26-,30?,31?/m0/s1. The van der Waals surface area contributed by atoms with Crippen LogP contribution in [0.15, 0.2) is 72.8 Å². The van der Waals surface area contributed by atoms with Gasteiger partial charge in [0.25, 0.3) is 0 Å². The fraction of sp³-hybridized carbons (Fsp3) is 0.323. The maximum Gasteiger partial charge on any atom is 0.338 e. The van der Waals surface area contributed by atoms with Gasteiger partial charge < -0.3 is 4.74 Å². The van der Waals surface area contributed by atoms with Crippen LogP contribution in [0.5, 0.6) is 0 Å². The van der Waals surface area contributed by atoms with Gasteiger partial charge in [0.15, 0.2) is 0 Å². The minimum absolute atomic E-state index is 0.0373. The molecule has 8 rings (SSSR count). The number of carbonyl (C=O) groups is 3. The molecule has 1 saturated heterocycles. The third kappa shape index (κ3) is 3.12. The second-order valence-electron chi connectivity index (χ2n) is 10.7. The van der Waals surface area contributed by atoms with Crippen LogP contribution in [0.4, 0.5) is 5.69 Å². The number of benzene rings is 3. The third-order valence-corrected chi connectivity index (χ3v) is 11.5. The average molecular weight is 635 g/mol. The van der Waals surface area contributed by atoms with Gasteiger partial charge in [-0.15, -0.1) is 0 Å². The first-order valence-electron chi connectivity index (χ1n) is 13.1. The number of nitrogens with zero attached hydrogens (tertiary/aromatic N) is 1. The number of imide groups is 1. The molecule has 1 heterocycles. The lowest BCUT2D eigenvalue weighted by Gasteiger charge is -2.55. The normalized spacial score (nSPS) is 29.6. The summed E-state index contributed by atoms with van der Waals surface area (Å²) < 4.78 is 4.04. The number of amides is 2. The number of esters is 1. The first-order chi connectivity index (χ1) is 18.4. The van der Waals surface area contributed by atoms with E-state index >= 15 is 0 Å². The van der Waals surface area contributed by atoms with Gasteiger partial charge >= 0.3 is 5.97 Å². The second-order valence-corrected chi connectivity index (χ2v) is 13.2. The minimum atomic E-state index is -0.828. The van der Waals surface area contributed by atoms with Gasteiger partial charge in [0, 0.05) is 0 Å². The molecule has 0 radical (unpaired) electrons. The van der Waals surface area contributed by atoms with Crippen molar-refractivity contribution in [3.63, 3.8) is 0 Å². The summed E-state index contributed by atoms with van der Waals surface area (Å²) in [6, 6.07) is 22.7. The SMILES string of the molecule is O=C(OC1CCCCC1)c1ccc(N2C(=O)[C@@H]3[C@@H](C2=O)C2(Br)c4ccccc4C3(Br)c3ccccc32)cc1. The van der Waals surface area contributed by atoms with E-state index in [1.165, 1.54) is 11.3 Å². The highest BCUT2D eigenvalue weighted by atomic mass is 79.9. The van der Waals surface area contributed by atoms with Crippen molar-refractivity contribution in [2.75, 3.05) is 4.90 Å². The predicted octanol–water partition coefficient (Wildman–Crippen LogP) is 6.59. The van der Waals surface area contributed by atoms with Crippen LogP contribution < -0.4 is 4.90 Å². The lowest BCUT2D eigenvalue weighted by atomic mass is 9.54. The molecule has 0 unspecified atom stereocenters. The molecule has 0 spiro atoms. The summed E-state index contributed by atoms with van der Waals surface area (Å²) in [5, 5.41) is 0. The topological polar surface area (TPSA) is 63.7 Å². The number of anilines is 1. The van der Waals surface area contributed by atoms with E-state index in [1.807, 2.05) is 48.5 Å². The molecule has 2 amide bonds. The Bertz CT molecular complexity index is 1370. The maximum absolute atomic E-state index is 14.2. The summed E-state index contributed by atoms with van der Waals surface area (Å²) in [6.07, 6.45) is 5.11. The Morgan fingerprint density at radius 2 is 1.16 bits per heavy atom. The van der Waals surface area contributed by atoms with Gasteiger partial charge in [-0.05, 0) is 72.2 Å². The van der Waals surface area contributed by atoms with E-state index in [9.17, 15) is 14.4 Å². The zero-order valence-corrected chi connectivity index (χ0v) is 23.7. The smallest absolute Gasteiger partial charge is 0.338 e. The first kappa shape index (κ1) is 24.3. The third-order valence-electron chi connectivity index (χ3n) is 8.77. The Morgan fingerprint density at radius 3 is 1.61 bits per heavy atom. The van der Waals surface area contributed by atoms with Crippen LogP contribution in [0.25, 0.3) is 0 Å². The van der Waals surface area contributed by atoms with Gasteiger partial charge in [-0.3, -0.25) is 9.59 Å². The lowest BCUT2D eigenvalue weighted by Crippen LogP contribution is -2.56. The molecule has 4 aliphatic carbocycles. The number of hydrogen-bond acceptors (Lipinski definition) is 4. The van der Waals surface area contributed by atoms with E-state index in [0.717, 1.165) is 47.9 Å². The zero-order chi connectivity index (χ0) is 26.2. The number of rotatable bonds is 3. The van der Waals surface area contributed by atoms with Crippen LogP contribution in [-0.2, 0) is 23.0 Å². The maximum atomic E-state index is 14.2. The van der Waals surface area contributed by atoms with Crippen molar-refractivity contribution in [1.82, 2.24) is 0 Å². The van der Waals surface area contributed by atoms with Gasteiger partial charge in [0.2, 0.25) is 11.8 Å². The molecule has 2 atom stereocenters. The fourth-order valence-corrected chi connectivity index (χ4v) is 9.37. The summed E-state index contributed by atoms with van der Waals surface area (Å²) in [5.41, 5.74) is 4.88. The average Bonchev–Trinajstić information content (AvgIpc) is 3.23. The molecule has 0 N–H and O–H groups in total. The van der Waals surface area contributed by atoms with Crippen molar-refractivity contribution in [3.8, 4) is 0 Å². The molecule has 3 aromatic rings. The molecule has 38 heavy (non-hydrogen) atoms. The fourth-order valence-electron chi connectivity index (χ4n) is 7.07. The number of hydrogen-bond donors (Lipinski definition) is 0. The van der Waals surface area contributed by atoms with Crippen molar-refractivity contribution in [3.05, 3.63) is 101 Å². The van der Waals surface area contributed by atoms with Gasteiger partial charge in [-0.1, -0.05) is 86.8 Å². The van der Waals surface area contributed by atoms with Crippen LogP contribution in [0.2, 0.25) is 0 Å². The monoisotopic (exact) mass is 633 g/mol. The Morgan fingerprint density at radius 1 is 0.711 bits per heavy atom. The molecule has 1 aliphatic heterocycles. The van der Waals surface area contributed by atoms with Crippen molar-refractivity contribution in [1.29, 1.82) is 0 Å². The van der Waals surface area contributed by atoms with E-state index in [0.29, 0.717) is 11.3 Å². The molecule has 192 valence electrons. The molecule has 0 aromatic heterocycles. The summed E-state index contributed by atoms with van der Waals surface area (Å²) in [7, 11) is 0. The first-order valence-corrected chi connectivity index (χ1v) is 14.7. The minimum Gasteiger partial charge on any atom is -0.459 e. The summed E-state index contributed by atoms with van der Waals surface area (Å²) in [4.78, 5) is 42.3.